The van der Waals surface area contributed by atoms with E-state index in [2.05, 4.69) is 19.2 Å². The summed E-state index contributed by atoms with van der Waals surface area (Å²) in [4.78, 5) is 11.7. The molecular formula is C11H16ClNO2. The molecule has 0 aliphatic heterocycles. The number of amides is 1. The molecule has 1 rings (SSSR count). The molecule has 15 heavy (non-hydrogen) atoms. The number of hydrogen-bond acceptors (Lipinski definition) is 2. The Morgan fingerprint density at radius 2 is 2.20 bits per heavy atom. The predicted octanol–water partition coefficient (Wildman–Crippen LogP) is 3.10. The maximum atomic E-state index is 11.7. The molecule has 1 amide bonds. The van der Waals surface area contributed by atoms with Crippen LogP contribution in [0.25, 0.3) is 0 Å². The molecule has 1 aromatic rings. The van der Waals surface area contributed by atoms with Crippen LogP contribution >= 0.6 is 11.6 Å². The number of carbonyl (C=O) groups is 1. The Kier molecular flexibility index (Phi) is 4.21. The van der Waals surface area contributed by atoms with Crippen LogP contribution in [-0.2, 0) is 0 Å². The summed E-state index contributed by atoms with van der Waals surface area (Å²) < 4.78 is 4.85. The van der Waals surface area contributed by atoms with E-state index in [1.807, 2.05) is 6.92 Å². The second kappa shape index (κ2) is 5.21. The first-order valence-corrected chi connectivity index (χ1v) is 5.42. The summed E-state index contributed by atoms with van der Waals surface area (Å²) in [6.45, 7) is 6.22. The molecule has 0 aliphatic carbocycles. The number of hydrogen-bond donors (Lipinski definition) is 1. The normalized spacial score (nSPS) is 12.9. The third kappa shape index (κ3) is 3.59. The van der Waals surface area contributed by atoms with E-state index in [0.717, 1.165) is 6.42 Å². The number of carbonyl (C=O) groups excluding carboxylic acids is 1. The van der Waals surface area contributed by atoms with E-state index in [1.54, 1.807) is 6.07 Å². The van der Waals surface area contributed by atoms with Crippen LogP contribution < -0.4 is 5.32 Å². The van der Waals surface area contributed by atoms with Crippen molar-refractivity contribution in [2.45, 2.75) is 33.2 Å². The first kappa shape index (κ1) is 12.1. The van der Waals surface area contributed by atoms with Gasteiger partial charge in [-0.1, -0.05) is 13.8 Å². The molecule has 0 fully saturated rings. The molecule has 1 unspecified atom stereocenters. The maximum Gasteiger partial charge on any atom is 0.256 e. The standard InChI is InChI=1S/C11H16ClNO2/c1-7(2)6-8(3)13-11(14)9-4-5-15-10(9)12/h4-5,7-8H,6H2,1-3H3,(H,13,14). The van der Waals surface area contributed by atoms with E-state index in [4.69, 9.17) is 16.0 Å². The molecule has 1 N–H and O–H groups in total. The van der Waals surface area contributed by atoms with Crippen LogP contribution in [0.1, 0.15) is 37.6 Å². The van der Waals surface area contributed by atoms with Crippen molar-refractivity contribution in [2.24, 2.45) is 5.92 Å². The zero-order valence-corrected chi connectivity index (χ0v) is 9.97. The first-order valence-electron chi connectivity index (χ1n) is 5.04. The molecule has 84 valence electrons. The van der Waals surface area contributed by atoms with Crippen LogP contribution in [0, 0.1) is 5.92 Å². The second-order valence-corrected chi connectivity index (χ2v) is 4.46. The maximum absolute atomic E-state index is 11.7. The van der Waals surface area contributed by atoms with Gasteiger partial charge in [-0.25, -0.2) is 0 Å². The zero-order valence-electron chi connectivity index (χ0n) is 9.21. The molecule has 0 aliphatic rings. The minimum Gasteiger partial charge on any atom is -0.452 e. The number of nitrogens with one attached hydrogen (secondary N) is 1. The fourth-order valence-electron chi connectivity index (χ4n) is 1.52. The molecule has 0 aromatic carbocycles. The van der Waals surface area contributed by atoms with Crippen LogP contribution in [0.3, 0.4) is 0 Å². The minimum atomic E-state index is -0.179. The van der Waals surface area contributed by atoms with E-state index in [1.165, 1.54) is 6.26 Å². The zero-order chi connectivity index (χ0) is 11.4. The summed E-state index contributed by atoms with van der Waals surface area (Å²) in [6, 6.07) is 1.71. The summed E-state index contributed by atoms with van der Waals surface area (Å²) in [6.07, 6.45) is 2.35. The lowest BCUT2D eigenvalue weighted by molar-refractivity contribution is 0.0935. The lowest BCUT2D eigenvalue weighted by atomic mass is 10.1. The predicted molar refractivity (Wildman–Crippen MR) is 60.1 cm³/mol. The average molecular weight is 230 g/mol. The van der Waals surface area contributed by atoms with Crippen molar-refractivity contribution in [1.29, 1.82) is 0 Å². The molecular weight excluding hydrogens is 214 g/mol. The summed E-state index contributed by atoms with van der Waals surface area (Å²) in [7, 11) is 0. The lowest BCUT2D eigenvalue weighted by Crippen LogP contribution is -2.33. The Bertz CT molecular complexity index is 333. The highest BCUT2D eigenvalue weighted by Gasteiger charge is 2.15. The monoisotopic (exact) mass is 229 g/mol. The van der Waals surface area contributed by atoms with Gasteiger partial charge in [0, 0.05) is 6.04 Å². The van der Waals surface area contributed by atoms with Gasteiger partial charge in [0.2, 0.25) is 5.22 Å². The van der Waals surface area contributed by atoms with E-state index < -0.39 is 0 Å². The van der Waals surface area contributed by atoms with Gasteiger partial charge in [-0.2, -0.15) is 0 Å². The largest absolute Gasteiger partial charge is 0.452 e. The molecule has 0 saturated carbocycles. The van der Waals surface area contributed by atoms with Gasteiger partial charge in [-0.3, -0.25) is 4.79 Å². The second-order valence-electron chi connectivity index (χ2n) is 4.11. The van der Waals surface area contributed by atoms with E-state index >= 15 is 0 Å². The summed E-state index contributed by atoms with van der Waals surface area (Å²) in [5.41, 5.74) is 0.396. The Hall–Kier alpha value is -0.960. The molecule has 0 bridgehead atoms. The van der Waals surface area contributed by atoms with E-state index in [9.17, 15) is 4.79 Å². The lowest BCUT2D eigenvalue weighted by Gasteiger charge is -2.15. The van der Waals surface area contributed by atoms with Gasteiger partial charge < -0.3 is 9.73 Å². The Balaban J connectivity index is 2.53. The average Bonchev–Trinajstić information content (AvgIpc) is 2.49. The fraction of sp³-hybridized carbons (Fsp3) is 0.545. The van der Waals surface area contributed by atoms with Crippen LogP contribution in [0.15, 0.2) is 16.7 Å². The smallest absolute Gasteiger partial charge is 0.256 e. The highest BCUT2D eigenvalue weighted by Crippen LogP contribution is 2.16. The number of rotatable bonds is 4. The van der Waals surface area contributed by atoms with Crippen LogP contribution in [-0.4, -0.2) is 11.9 Å². The van der Waals surface area contributed by atoms with Crippen LogP contribution in [0.4, 0.5) is 0 Å². The Morgan fingerprint density at radius 1 is 1.53 bits per heavy atom. The molecule has 0 radical (unpaired) electrons. The van der Waals surface area contributed by atoms with E-state index in [-0.39, 0.29) is 17.2 Å². The van der Waals surface area contributed by atoms with Gasteiger partial charge in [0.15, 0.2) is 0 Å². The molecule has 1 aromatic heterocycles. The van der Waals surface area contributed by atoms with Gasteiger partial charge in [0.25, 0.3) is 5.91 Å². The summed E-state index contributed by atoms with van der Waals surface area (Å²) in [5, 5.41) is 3.01. The van der Waals surface area contributed by atoms with Crippen molar-refractivity contribution in [3.8, 4) is 0 Å². The quantitative estimate of drug-likeness (QED) is 0.862. The molecule has 4 heteroatoms. The van der Waals surface area contributed by atoms with Crippen molar-refractivity contribution in [3.63, 3.8) is 0 Å². The molecule has 0 saturated heterocycles. The fourth-order valence-corrected chi connectivity index (χ4v) is 1.72. The number of furan rings is 1. The van der Waals surface area contributed by atoms with Gasteiger partial charge in [-0.15, -0.1) is 0 Å². The third-order valence-corrected chi connectivity index (χ3v) is 2.36. The Morgan fingerprint density at radius 3 is 2.67 bits per heavy atom. The third-order valence-electron chi connectivity index (χ3n) is 2.07. The highest BCUT2D eigenvalue weighted by atomic mass is 35.5. The first-order chi connectivity index (χ1) is 7.00. The van der Waals surface area contributed by atoms with Crippen molar-refractivity contribution in [1.82, 2.24) is 5.32 Å². The number of halogens is 1. The summed E-state index contributed by atoms with van der Waals surface area (Å²) >= 11 is 5.70. The van der Waals surface area contributed by atoms with Crippen LogP contribution in [0.2, 0.25) is 5.22 Å². The van der Waals surface area contributed by atoms with Crippen LogP contribution in [0.5, 0.6) is 0 Å². The minimum absolute atomic E-state index is 0.142. The van der Waals surface area contributed by atoms with Crippen molar-refractivity contribution < 1.29 is 9.21 Å². The summed E-state index contributed by atoms with van der Waals surface area (Å²) in [5.74, 6) is 0.377. The van der Waals surface area contributed by atoms with Crippen molar-refractivity contribution >= 4 is 17.5 Å². The molecule has 0 spiro atoms. The van der Waals surface area contributed by atoms with Gasteiger partial charge in [0.05, 0.1) is 11.8 Å². The van der Waals surface area contributed by atoms with Gasteiger partial charge >= 0.3 is 0 Å². The van der Waals surface area contributed by atoms with E-state index in [0.29, 0.717) is 11.5 Å². The topological polar surface area (TPSA) is 42.2 Å². The SMILES string of the molecule is CC(C)CC(C)NC(=O)c1ccoc1Cl. The van der Waals surface area contributed by atoms with Gasteiger partial charge in [-0.05, 0) is 36.9 Å². The molecule has 1 atom stereocenters. The van der Waals surface area contributed by atoms with Crippen molar-refractivity contribution in [3.05, 3.63) is 23.1 Å². The highest BCUT2D eigenvalue weighted by molar-refractivity contribution is 6.32. The molecule has 3 nitrogen and oxygen atoms in total. The molecule has 1 heterocycles. The van der Waals surface area contributed by atoms with Crippen molar-refractivity contribution in [2.75, 3.05) is 0 Å². The van der Waals surface area contributed by atoms with Gasteiger partial charge in [0.1, 0.15) is 0 Å². The Labute approximate surface area is 94.8 Å².